The fourth-order valence-corrected chi connectivity index (χ4v) is 10.5. The number of aryl methyl sites for hydroxylation is 1. The van der Waals surface area contributed by atoms with Gasteiger partial charge in [-0.05, 0) is 130 Å². The van der Waals surface area contributed by atoms with Gasteiger partial charge >= 0.3 is 5.97 Å². The first kappa shape index (κ1) is 45.0. The lowest BCUT2D eigenvalue weighted by Gasteiger charge is -2.36. The molecule has 1 saturated carbocycles. The van der Waals surface area contributed by atoms with E-state index in [-0.39, 0.29) is 65.1 Å². The van der Waals surface area contributed by atoms with Crippen molar-refractivity contribution in [2.45, 2.75) is 83.4 Å². The summed E-state index contributed by atoms with van der Waals surface area (Å²) in [7, 11) is 0. The Morgan fingerprint density at radius 2 is 1.49 bits per heavy atom. The van der Waals surface area contributed by atoms with Crippen molar-refractivity contribution in [2.75, 3.05) is 24.5 Å². The lowest BCUT2D eigenvalue weighted by molar-refractivity contribution is -0.126. The molecule has 346 valence electrons. The van der Waals surface area contributed by atoms with Crippen molar-refractivity contribution in [3.05, 3.63) is 135 Å². The van der Waals surface area contributed by atoms with E-state index in [1.54, 1.807) is 35.2 Å². The first-order valence-electron chi connectivity index (χ1n) is 23.0. The fourth-order valence-electron chi connectivity index (χ4n) is 9.72. The van der Waals surface area contributed by atoms with Gasteiger partial charge in [-0.2, -0.15) is 0 Å². The summed E-state index contributed by atoms with van der Waals surface area (Å²) in [5.74, 6) is -0.853. The molecule has 1 spiro atoms. The fraction of sp³-hybridized carbons (Fsp3) is 0.327. The number of phenols is 2. The third kappa shape index (κ3) is 8.95. The normalized spacial score (nSPS) is 16.6. The number of unbranched alkanes of at least 4 members (excludes halogenated alkanes) is 3. The molecule has 2 aliphatic heterocycles. The van der Waals surface area contributed by atoms with Crippen molar-refractivity contribution in [1.29, 1.82) is 0 Å². The van der Waals surface area contributed by atoms with Gasteiger partial charge in [0.2, 0.25) is 11.8 Å². The van der Waals surface area contributed by atoms with Gasteiger partial charge < -0.3 is 45.1 Å². The molecule has 0 saturated heterocycles. The Morgan fingerprint density at radius 3 is 2.18 bits per heavy atom. The molecule has 15 heteroatoms. The van der Waals surface area contributed by atoms with E-state index in [0.29, 0.717) is 78.8 Å². The Balaban J connectivity index is 0.710. The summed E-state index contributed by atoms with van der Waals surface area (Å²) in [6.45, 7) is 5.49. The van der Waals surface area contributed by atoms with Gasteiger partial charge in [0.15, 0.2) is 5.60 Å². The number of nitrogens with zero attached hydrogens (tertiary/aromatic N) is 2. The van der Waals surface area contributed by atoms with Crippen LogP contribution in [0.5, 0.6) is 23.0 Å². The average Bonchev–Trinajstić information content (AvgIpc) is 4.00. The maximum absolute atomic E-state index is 13.7. The minimum atomic E-state index is -1.46. The van der Waals surface area contributed by atoms with Gasteiger partial charge in [0.1, 0.15) is 35.2 Å². The molecule has 3 aliphatic rings. The van der Waals surface area contributed by atoms with Gasteiger partial charge in [-0.1, -0.05) is 25.0 Å². The maximum Gasteiger partial charge on any atom is 0.340 e. The van der Waals surface area contributed by atoms with Crippen molar-refractivity contribution in [3.63, 3.8) is 0 Å². The predicted molar refractivity (Wildman–Crippen MR) is 254 cm³/mol. The van der Waals surface area contributed by atoms with E-state index in [1.165, 1.54) is 35.6 Å². The molecule has 1 fully saturated rings. The summed E-state index contributed by atoms with van der Waals surface area (Å²) in [6.07, 6.45) is 5.98. The predicted octanol–water partition coefficient (Wildman–Crippen LogP) is 8.44. The molecule has 9 rings (SSSR count). The van der Waals surface area contributed by atoms with Crippen molar-refractivity contribution in [1.82, 2.24) is 20.5 Å². The van der Waals surface area contributed by atoms with E-state index in [0.717, 1.165) is 47.2 Å². The number of thiophene rings is 1. The van der Waals surface area contributed by atoms with Crippen LogP contribution in [0.3, 0.4) is 0 Å². The molecule has 6 aromatic rings. The average molecular weight is 924 g/mol. The second-order valence-electron chi connectivity index (χ2n) is 17.5. The minimum absolute atomic E-state index is 0.0333. The first-order chi connectivity index (χ1) is 32.4. The minimum Gasteiger partial charge on any atom is -0.508 e. The molecule has 0 atom stereocenters. The lowest BCUT2D eigenvalue weighted by atomic mass is 9.77. The summed E-state index contributed by atoms with van der Waals surface area (Å²) < 4.78 is 14.9. The molecule has 4 aromatic carbocycles. The number of esters is 1. The highest BCUT2D eigenvalue weighted by Crippen LogP contribution is 2.57. The molecule has 14 nitrogen and oxygen atoms in total. The highest BCUT2D eigenvalue weighted by atomic mass is 32.1. The van der Waals surface area contributed by atoms with Crippen molar-refractivity contribution in [3.8, 4) is 23.0 Å². The Kier molecular flexibility index (Phi) is 12.8. The number of hydrogen-bond acceptors (Lipinski definition) is 10. The van der Waals surface area contributed by atoms with Gasteiger partial charge in [0, 0.05) is 71.7 Å². The molecule has 4 amide bonds. The molecule has 1 aliphatic carbocycles. The summed E-state index contributed by atoms with van der Waals surface area (Å²) >= 11 is 1.54. The largest absolute Gasteiger partial charge is 0.508 e. The molecular formula is C52H53N5O9S. The van der Waals surface area contributed by atoms with E-state index in [1.807, 2.05) is 60.2 Å². The van der Waals surface area contributed by atoms with Crippen LogP contribution in [0.15, 0.2) is 96.4 Å². The van der Waals surface area contributed by atoms with E-state index in [9.17, 15) is 34.2 Å². The Hall–Kier alpha value is -7.13. The van der Waals surface area contributed by atoms with E-state index in [2.05, 4.69) is 16.0 Å². The van der Waals surface area contributed by atoms with E-state index < -0.39 is 11.6 Å². The number of fused-ring (bicyclic) bond motifs is 7. The van der Waals surface area contributed by atoms with Crippen molar-refractivity contribution < 1.29 is 43.7 Å². The third-order valence-corrected chi connectivity index (χ3v) is 14.0. The van der Waals surface area contributed by atoms with E-state index >= 15 is 0 Å². The van der Waals surface area contributed by atoms with Gasteiger partial charge in [-0.15, -0.1) is 11.3 Å². The molecule has 0 radical (unpaired) electrons. The van der Waals surface area contributed by atoms with Gasteiger partial charge in [0.05, 0.1) is 15.8 Å². The number of aromatic nitrogens is 1. The molecule has 67 heavy (non-hydrogen) atoms. The van der Waals surface area contributed by atoms with Crippen LogP contribution in [0.1, 0.15) is 112 Å². The number of amides is 4. The number of ether oxygens (including phenoxy) is 2. The Labute approximate surface area is 391 Å². The van der Waals surface area contributed by atoms with Crippen LogP contribution in [0.25, 0.3) is 10.2 Å². The molecule has 4 heterocycles. The summed E-state index contributed by atoms with van der Waals surface area (Å²) in [5.41, 5.74) is 3.81. The standard InChI is InChI=1S/C52H53N5O9S/c1-3-56(35-10-8-9-31(2)25-35)47(60)30-57-42-21-24-67-46(42)29-43(57)50(63)55-34-14-11-32(12-15-34)48(61)53-22-6-4-5-7-23-54-49(62)33-13-18-38-41(26-33)52(66-51(38)64)39-19-16-36(58)27-44(39)65-45-28-37(59)17-20-40(45)52/h8-10,13,16-21,24-29,32,34,58-59H,3-7,11-12,14-15,22-23,30H2,1-2H3,(H,53,61)(H,54,62)(H,55,63)/t32-,34-. The number of likely N-dealkylation sites (N-methyl/N-ethyl adjacent to an activating group) is 1. The number of hydrogen-bond donors (Lipinski definition) is 5. The van der Waals surface area contributed by atoms with Gasteiger partial charge in [0.25, 0.3) is 11.8 Å². The Morgan fingerprint density at radius 1 is 0.791 bits per heavy atom. The number of anilines is 1. The van der Waals surface area contributed by atoms with Crippen LogP contribution >= 0.6 is 11.3 Å². The van der Waals surface area contributed by atoms with Crippen LogP contribution in [-0.4, -0.2) is 70.1 Å². The zero-order valence-corrected chi connectivity index (χ0v) is 38.2. The summed E-state index contributed by atoms with van der Waals surface area (Å²) in [6, 6.07) is 25.5. The molecule has 5 N–H and O–H groups in total. The topological polar surface area (TPSA) is 189 Å². The number of rotatable bonds is 15. The first-order valence-corrected chi connectivity index (χ1v) is 23.8. The molecule has 2 aromatic heterocycles. The van der Waals surface area contributed by atoms with Crippen LogP contribution in [-0.2, 0) is 26.5 Å². The van der Waals surface area contributed by atoms with Crippen LogP contribution in [0.4, 0.5) is 5.69 Å². The summed E-state index contributed by atoms with van der Waals surface area (Å²) in [5, 5.41) is 31.7. The number of nitrogens with one attached hydrogen (secondary N) is 3. The van der Waals surface area contributed by atoms with Gasteiger partial charge in [-0.25, -0.2) is 4.79 Å². The highest BCUT2D eigenvalue weighted by Gasteiger charge is 2.54. The number of phenolic OH excluding ortho intramolecular Hbond substituents is 2. The number of benzene rings is 4. The zero-order chi connectivity index (χ0) is 46.8. The lowest BCUT2D eigenvalue weighted by Crippen LogP contribution is -2.42. The zero-order valence-electron chi connectivity index (χ0n) is 37.4. The number of carbonyl (C=O) groups excluding carboxylic acids is 5. The van der Waals surface area contributed by atoms with Crippen LogP contribution in [0, 0.1) is 12.8 Å². The van der Waals surface area contributed by atoms with E-state index in [4.69, 9.17) is 9.47 Å². The number of aromatic hydroxyl groups is 2. The molecule has 0 unspecified atom stereocenters. The smallest absolute Gasteiger partial charge is 0.340 e. The second-order valence-corrected chi connectivity index (χ2v) is 18.5. The van der Waals surface area contributed by atoms with Crippen LogP contribution in [0.2, 0.25) is 0 Å². The highest BCUT2D eigenvalue weighted by molar-refractivity contribution is 7.17. The quantitative estimate of drug-likeness (QED) is 0.0498. The summed E-state index contributed by atoms with van der Waals surface area (Å²) in [4.78, 5) is 68.9. The monoisotopic (exact) mass is 923 g/mol. The Bertz CT molecular complexity index is 2840. The second kappa shape index (κ2) is 19.0. The van der Waals surface area contributed by atoms with Crippen molar-refractivity contribution >= 4 is 56.8 Å². The van der Waals surface area contributed by atoms with Crippen molar-refractivity contribution in [2.24, 2.45) is 5.92 Å². The maximum atomic E-state index is 13.7. The third-order valence-electron chi connectivity index (χ3n) is 13.1. The SMILES string of the molecule is CCN(C(=O)Cn1c(C(=O)N[C@H]2CC[C@H](C(=O)NCCCCCCNC(=O)c3ccc4c(c3)C3(OC4=O)c4ccc(O)cc4Oc4cc(O)ccc43)CC2)cc2sccc21)c1cccc(C)c1. The van der Waals surface area contributed by atoms with Crippen LogP contribution < -0.4 is 25.6 Å². The number of carbonyl (C=O) groups is 5. The van der Waals surface area contributed by atoms with Gasteiger partial charge in [-0.3, -0.25) is 19.2 Å². The molecular weight excluding hydrogens is 871 g/mol. The molecule has 0 bridgehead atoms.